The van der Waals surface area contributed by atoms with Gasteiger partial charge in [-0.3, -0.25) is 0 Å². The number of hydrogen-bond acceptors (Lipinski definition) is 6. The van der Waals surface area contributed by atoms with Gasteiger partial charge in [-0.15, -0.1) is 6.58 Å². The molecule has 0 atom stereocenters. The Morgan fingerprint density at radius 1 is 1.24 bits per heavy atom. The van der Waals surface area contributed by atoms with Gasteiger partial charge in [0.15, 0.2) is 0 Å². The topological polar surface area (TPSA) is 68.3 Å². The molecule has 2 N–H and O–H groups in total. The lowest BCUT2D eigenvalue weighted by molar-refractivity contribution is 0.405. The van der Waals surface area contributed by atoms with E-state index < -0.39 is 0 Å². The molecule has 110 valence electrons. The molecule has 0 spiro atoms. The smallest absolute Gasteiger partial charge is 0.224 e. The first-order valence-electron chi connectivity index (χ1n) is 6.43. The van der Waals surface area contributed by atoms with Crippen LogP contribution in [0.1, 0.15) is 0 Å². The molecule has 0 bridgehead atoms. The summed E-state index contributed by atoms with van der Waals surface area (Å²) in [6.45, 7) is 4.25. The van der Waals surface area contributed by atoms with Gasteiger partial charge in [0, 0.05) is 18.8 Å². The molecule has 0 saturated heterocycles. The number of methoxy groups -OCH3 is 2. The Labute approximate surface area is 123 Å². The molecule has 0 fully saturated rings. The van der Waals surface area contributed by atoms with E-state index in [4.69, 9.17) is 9.47 Å². The van der Waals surface area contributed by atoms with Gasteiger partial charge in [-0.1, -0.05) is 6.08 Å². The highest BCUT2D eigenvalue weighted by Crippen LogP contribution is 2.31. The molecule has 0 amide bonds. The Hall–Kier alpha value is -2.76. The van der Waals surface area contributed by atoms with Gasteiger partial charge in [-0.05, 0) is 18.2 Å². The number of nitrogens with zero attached hydrogens (tertiary/aromatic N) is 2. The summed E-state index contributed by atoms with van der Waals surface area (Å²) in [6, 6.07) is 7.29. The molecule has 1 heterocycles. The summed E-state index contributed by atoms with van der Waals surface area (Å²) in [6.07, 6.45) is 3.42. The van der Waals surface area contributed by atoms with Crippen molar-refractivity contribution >= 4 is 17.5 Å². The van der Waals surface area contributed by atoms with Crippen molar-refractivity contribution in [3.63, 3.8) is 0 Å². The Morgan fingerprint density at radius 2 is 2.10 bits per heavy atom. The molecule has 2 rings (SSSR count). The zero-order valence-corrected chi connectivity index (χ0v) is 12.1. The van der Waals surface area contributed by atoms with E-state index in [1.54, 1.807) is 32.6 Å². The predicted molar refractivity (Wildman–Crippen MR) is 83.5 cm³/mol. The summed E-state index contributed by atoms with van der Waals surface area (Å²) in [7, 11) is 3.23. The summed E-state index contributed by atoms with van der Waals surface area (Å²) < 4.78 is 10.5. The van der Waals surface area contributed by atoms with Gasteiger partial charge >= 0.3 is 0 Å². The molecule has 6 heteroatoms. The van der Waals surface area contributed by atoms with E-state index in [0.29, 0.717) is 24.1 Å². The Morgan fingerprint density at radius 3 is 2.81 bits per heavy atom. The monoisotopic (exact) mass is 286 g/mol. The minimum absolute atomic E-state index is 0.529. The lowest BCUT2D eigenvalue weighted by Crippen LogP contribution is -2.04. The molecule has 6 nitrogen and oxygen atoms in total. The van der Waals surface area contributed by atoms with Gasteiger partial charge in [-0.25, -0.2) is 4.98 Å². The average Bonchev–Trinajstić information content (AvgIpc) is 2.53. The fraction of sp³-hybridized carbons (Fsp3) is 0.200. The summed E-state index contributed by atoms with van der Waals surface area (Å²) in [5.41, 5.74) is 0.769. The van der Waals surface area contributed by atoms with Crippen molar-refractivity contribution in [2.24, 2.45) is 0 Å². The number of hydrogen-bond donors (Lipinski definition) is 2. The zero-order chi connectivity index (χ0) is 15.1. The van der Waals surface area contributed by atoms with Crippen molar-refractivity contribution in [2.45, 2.75) is 0 Å². The second-order valence-electron chi connectivity index (χ2n) is 4.13. The van der Waals surface area contributed by atoms with E-state index in [0.717, 1.165) is 11.4 Å². The maximum atomic E-state index is 5.32. The normalized spacial score (nSPS) is 9.81. The van der Waals surface area contributed by atoms with Crippen molar-refractivity contribution in [1.29, 1.82) is 0 Å². The number of aromatic nitrogens is 2. The minimum Gasteiger partial charge on any atom is -0.497 e. The molecule has 0 radical (unpaired) electrons. The Bertz CT molecular complexity index is 616. The van der Waals surface area contributed by atoms with Gasteiger partial charge in [0.25, 0.3) is 0 Å². The lowest BCUT2D eigenvalue weighted by atomic mass is 10.2. The third kappa shape index (κ3) is 3.85. The highest BCUT2D eigenvalue weighted by molar-refractivity contribution is 5.66. The van der Waals surface area contributed by atoms with Crippen LogP contribution in [0.3, 0.4) is 0 Å². The molecule has 0 unspecified atom stereocenters. The van der Waals surface area contributed by atoms with Crippen LogP contribution in [0.25, 0.3) is 0 Å². The molecular weight excluding hydrogens is 268 g/mol. The highest BCUT2D eigenvalue weighted by atomic mass is 16.5. The standard InChI is InChI=1S/C15H18N4O2/c1-4-8-16-15-17-9-7-14(19-15)18-12-10-11(20-2)5-6-13(12)21-3/h4-7,9-10H,1,8H2,2-3H3,(H2,16,17,18,19). The van der Waals surface area contributed by atoms with Crippen molar-refractivity contribution in [2.75, 3.05) is 31.4 Å². The van der Waals surface area contributed by atoms with E-state index >= 15 is 0 Å². The van der Waals surface area contributed by atoms with Crippen LogP contribution in [0.4, 0.5) is 17.5 Å². The van der Waals surface area contributed by atoms with Crippen LogP contribution in [0.5, 0.6) is 11.5 Å². The largest absolute Gasteiger partial charge is 0.497 e. The summed E-state index contributed by atoms with van der Waals surface area (Å²) in [5.74, 6) is 2.62. The third-order valence-corrected chi connectivity index (χ3v) is 2.73. The molecule has 0 saturated carbocycles. The Balaban J connectivity index is 2.22. The summed E-state index contributed by atoms with van der Waals surface area (Å²) in [5, 5.41) is 6.23. The van der Waals surface area contributed by atoms with E-state index in [1.807, 2.05) is 18.2 Å². The van der Waals surface area contributed by atoms with E-state index in [2.05, 4.69) is 27.2 Å². The van der Waals surface area contributed by atoms with Crippen LogP contribution in [0.15, 0.2) is 43.1 Å². The molecule has 0 aliphatic heterocycles. The number of ether oxygens (including phenoxy) is 2. The van der Waals surface area contributed by atoms with Gasteiger partial charge in [-0.2, -0.15) is 4.98 Å². The van der Waals surface area contributed by atoms with Crippen LogP contribution < -0.4 is 20.1 Å². The van der Waals surface area contributed by atoms with Gasteiger partial charge in [0.1, 0.15) is 17.3 Å². The van der Waals surface area contributed by atoms with Crippen LogP contribution in [-0.2, 0) is 0 Å². The quantitative estimate of drug-likeness (QED) is 0.763. The van der Waals surface area contributed by atoms with Crippen molar-refractivity contribution in [3.8, 4) is 11.5 Å². The molecule has 1 aromatic heterocycles. The maximum absolute atomic E-state index is 5.32. The Kier molecular flexibility index (Phi) is 4.98. The zero-order valence-electron chi connectivity index (χ0n) is 12.1. The van der Waals surface area contributed by atoms with Crippen LogP contribution in [-0.4, -0.2) is 30.7 Å². The fourth-order valence-electron chi connectivity index (χ4n) is 1.73. The van der Waals surface area contributed by atoms with Gasteiger partial charge in [0.05, 0.1) is 19.9 Å². The average molecular weight is 286 g/mol. The predicted octanol–water partition coefficient (Wildman–Crippen LogP) is 2.84. The minimum atomic E-state index is 0.529. The molecule has 21 heavy (non-hydrogen) atoms. The van der Waals surface area contributed by atoms with Crippen molar-refractivity contribution in [3.05, 3.63) is 43.1 Å². The summed E-state index contributed by atoms with van der Waals surface area (Å²) in [4.78, 5) is 8.49. The second kappa shape index (κ2) is 7.14. The fourth-order valence-corrected chi connectivity index (χ4v) is 1.73. The van der Waals surface area contributed by atoms with Gasteiger partial charge < -0.3 is 20.1 Å². The van der Waals surface area contributed by atoms with Crippen LogP contribution >= 0.6 is 0 Å². The summed E-state index contributed by atoms with van der Waals surface area (Å²) >= 11 is 0. The van der Waals surface area contributed by atoms with E-state index in [9.17, 15) is 0 Å². The number of nitrogens with one attached hydrogen (secondary N) is 2. The number of anilines is 3. The van der Waals surface area contributed by atoms with Crippen LogP contribution in [0.2, 0.25) is 0 Å². The maximum Gasteiger partial charge on any atom is 0.224 e. The number of rotatable bonds is 7. The first kappa shape index (κ1) is 14.6. The van der Waals surface area contributed by atoms with Crippen molar-refractivity contribution in [1.82, 2.24) is 9.97 Å². The number of benzene rings is 1. The third-order valence-electron chi connectivity index (χ3n) is 2.73. The first-order valence-corrected chi connectivity index (χ1v) is 6.43. The molecular formula is C15H18N4O2. The van der Waals surface area contributed by atoms with Gasteiger partial charge in [0.2, 0.25) is 5.95 Å². The molecule has 0 aliphatic carbocycles. The highest BCUT2D eigenvalue weighted by Gasteiger charge is 2.06. The lowest BCUT2D eigenvalue weighted by Gasteiger charge is -2.12. The van der Waals surface area contributed by atoms with E-state index in [-0.39, 0.29) is 0 Å². The second-order valence-corrected chi connectivity index (χ2v) is 4.13. The van der Waals surface area contributed by atoms with E-state index in [1.165, 1.54) is 0 Å². The van der Waals surface area contributed by atoms with Crippen LogP contribution in [0, 0.1) is 0 Å². The molecule has 0 aliphatic rings. The molecule has 1 aromatic carbocycles. The SMILES string of the molecule is C=CCNc1nccc(Nc2cc(OC)ccc2OC)n1. The first-order chi connectivity index (χ1) is 10.3. The molecule has 2 aromatic rings. The van der Waals surface area contributed by atoms with Crippen molar-refractivity contribution < 1.29 is 9.47 Å².